The van der Waals surface area contributed by atoms with Gasteiger partial charge in [0.05, 0.1) is 5.69 Å². The zero-order chi connectivity index (χ0) is 19.3. The molecular formula is C20H15ClN4O2S. The van der Waals surface area contributed by atoms with Gasteiger partial charge in [-0.15, -0.1) is 11.3 Å². The molecule has 140 valence electrons. The highest BCUT2D eigenvalue weighted by atomic mass is 35.5. The summed E-state index contributed by atoms with van der Waals surface area (Å²) in [5.41, 5.74) is 2.28. The van der Waals surface area contributed by atoms with E-state index >= 15 is 0 Å². The van der Waals surface area contributed by atoms with Crippen LogP contribution in [-0.2, 0) is 11.4 Å². The van der Waals surface area contributed by atoms with Gasteiger partial charge in [-0.3, -0.25) is 14.2 Å². The topological polar surface area (TPSA) is 68.5 Å². The van der Waals surface area contributed by atoms with Crippen molar-refractivity contribution < 1.29 is 9.53 Å². The van der Waals surface area contributed by atoms with E-state index < -0.39 is 0 Å². The molecule has 0 unspecified atom stereocenters. The van der Waals surface area contributed by atoms with Crippen LogP contribution in [0.25, 0.3) is 11.0 Å². The van der Waals surface area contributed by atoms with Crippen molar-refractivity contribution in [3.05, 3.63) is 82.9 Å². The Kier molecular flexibility index (Phi) is 5.36. The molecule has 3 aromatic heterocycles. The molecule has 28 heavy (non-hydrogen) atoms. The van der Waals surface area contributed by atoms with Gasteiger partial charge in [-0.05, 0) is 24.3 Å². The number of aromatic nitrogens is 3. The molecule has 0 radical (unpaired) electrons. The van der Waals surface area contributed by atoms with E-state index in [1.807, 2.05) is 40.2 Å². The molecule has 4 rings (SSSR count). The molecule has 0 aliphatic carbocycles. The third kappa shape index (κ3) is 4.21. The molecule has 1 aromatic carbocycles. The highest BCUT2D eigenvalue weighted by Crippen LogP contribution is 2.23. The van der Waals surface area contributed by atoms with Crippen molar-refractivity contribution >= 4 is 45.6 Å². The van der Waals surface area contributed by atoms with Crippen LogP contribution in [0.1, 0.15) is 11.3 Å². The number of fused-ring (bicyclic) bond motifs is 1. The first-order chi connectivity index (χ1) is 13.7. The van der Waals surface area contributed by atoms with E-state index in [1.165, 1.54) is 17.4 Å². The monoisotopic (exact) mass is 410 g/mol. The lowest BCUT2D eigenvalue weighted by molar-refractivity contribution is -0.111. The number of benzene rings is 1. The highest BCUT2D eigenvalue weighted by Gasteiger charge is 2.09. The first kappa shape index (κ1) is 18.2. The zero-order valence-electron chi connectivity index (χ0n) is 14.6. The fraction of sp³-hybridized carbons (Fsp3) is 0.0500. The van der Waals surface area contributed by atoms with Crippen LogP contribution in [0.4, 0.5) is 5.69 Å². The number of nitrogens with zero attached hydrogens (tertiary/aromatic N) is 3. The summed E-state index contributed by atoms with van der Waals surface area (Å²) in [5, 5.41) is 5.09. The average molecular weight is 411 g/mol. The number of pyridine rings is 1. The summed E-state index contributed by atoms with van der Waals surface area (Å²) in [5.74, 6) is 0.384. The molecule has 0 saturated carbocycles. The summed E-state index contributed by atoms with van der Waals surface area (Å²) >= 11 is 7.61. The summed E-state index contributed by atoms with van der Waals surface area (Å²) in [6.07, 6.45) is 8.40. The smallest absolute Gasteiger partial charge is 0.248 e. The maximum Gasteiger partial charge on any atom is 0.248 e. The van der Waals surface area contributed by atoms with Gasteiger partial charge < -0.3 is 10.1 Å². The number of ether oxygens (including phenoxy) is 1. The number of carbonyl (C=O) groups is 1. The Morgan fingerprint density at radius 2 is 2.25 bits per heavy atom. The van der Waals surface area contributed by atoms with E-state index in [4.69, 9.17) is 16.3 Å². The third-order valence-corrected chi connectivity index (χ3v) is 4.91. The Morgan fingerprint density at radius 3 is 3.11 bits per heavy atom. The predicted molar refractivity (Wildman–Crippen MR) is 111 cm³/mol. The number of hydrogen-bond acceptors (Lipinski definition) is 5. The number of halogens is 1. The van der Waals surface area contributed by atoms with Crippen molar-refractivity contribution in [3.63, 3.8) is 0 Å². The van der Waals surface area contributed by atoms with Gasteiger partial charge >= 0.3 is 0 Å². The Morgan fingerprint density at radius 1 is 1.32 bits per heavy atom. The fourth-order valence-electron chi connectivity index (χ4n) is 2.58. The number of amides is 1. The van der Waals surface area contributed by atoms with E-state index in [2.05, 4.69) is 15.3 Å². The molecule has 1 amide bonds. The summed E-state index contributed by atoms with van der Waals surface area (Å²) in [6.45, 7) is 0.404. The van der Waals surface area contributed by atoms with E-state index in [0.29, 0.717) is 28.9 Å². The predicted octanol–water partition coefficient (Wildman–Crippen LogP) is 4.68. The van der Waals surface area contributed by atoms with Gasteiger partial charge in [-0.2, -0.15) is 0 Å². The number of carbonyl (C=O) groups excluding carboxylic acids is 1. The summed E-state index contributed by atoms with van der Waals surface area (Å²) in [7, 11) is 0. The maximum absolute atomic E-state index is 12.3. The van der Waals surface area contributed by atoms with Crippen LogP contribution in [0, 0.1) is 0 Å². The van der Waals surface area contributed by atoms with Crippen LogP contribution >= 0.6 is 22.9 Å². The van der Waals surface area contributed by atoms with Crippen LogP contribution in [0.15, 0.2) is 66.4 Å². The number of thiazole rings is 1. The van der Waals surface area contributed by atoms with Gasteiger partial charge in [-0.25, -0.2) is 4.98 Å². The van der Waals surface area contributed by atoms with E-state index in [1.54, 1.807) is 30.6 Å². The molecule has 3 heterocycles. The van der Waals surface area contributed by atoms with E-state index in [0.717, 1.165) is 10.5 Å². The van der Waals surface area contributed by atoms with Crippen LogP contribution in [0.3, 0.4) is 0 Å². The molecular weight excluding hydrogens is 396 g/mol. The van der Waals surface area contributed by atoms with Crippen LogP contribution < -0.4 is 10.1 Å². The molecule has 0 aliphatic rings. The number of hydrogen-bond donors (Lipinski definition) is 1. The lowest BCUT2D eigenvalue weighted by atomic mass is 10.3. The highest BCUT2D eigenvalue weighted by molar-refractivity contribution is 7.15. The van der Waals surface area contributed by atoms with Crippen LogP contribution in [0.5, 0.6) is 5.75 Å². The molecule has 6 nitrogen and oxygen atoms in total. The molecule has 0 spiro atoms. The largest absolute Gasteiger partial charge is 0.489 e. The second-order valence-electron chi connectivity index (χ2n) is 5.84. The molecule has 0 saturated heterocycles. The van der Waals surface area contributed by atoms with Gasteiger partial charge in [0.15, 0.2) is 10.1 Å². The lowest BCUT2D eigenvalue weighted by Gasteiger charge is -2.08. The Bertz CT molecular complexity index is 1140. The van der Waals surface area contributed by atoms with Gasteiger partial charge in [0.1, 0.15) is 12.4 Å². The molecule has 0 fully saturated rings. The molecule has 8 heteroatoms. The first-order valence-electron chi connectivity index (χ1n) is 8.41. The number of rotatable bonds is 6. The SMILES string of the molecule is O=C(/C=C/c1c(Cl)nc2sccn12)Nc1cccc(OCc2cccnc2)c1. The van der Waals surface area contributed by atoms with Gasteiger partial charge in [0, 0.05) is 47.4 Å². The quantitative estimate of drug-likeness (QED) is 0.469. The number of imidazole rings is 1. The fourth-order valence-corrected chi connectivity index (χ4v) is 3.58. The van der Waals surface area contributed by atoms with Crippen molar-refractivity contribution in [2.24, 2.45) is 0 Å². The summed E-state index contributed by atoms with van der Waals surface area (Å²) in [4.78, 5) is 21.3. The minimum atomic E-state index is -0.273. The molecule has 1 N–H and O–H groups in total. The van der Waals surface area contributed by atoms with E-state index in [-0.39, 0.29) is 5.91 Å². The zero-order valence-corrected chi connectivity index (χ0v) is 16.2. The summed E-state index contributed by atoms with van der Waals surface area (Å²) in [6, 6.07) is 11.0. The lowest BCUT2D eigenvalue weighted by Crippen LogP contribution is -2.08. The normalized spacial score (nSPS) is 11.2. The Labute approximate surface area is 170 Å². The van der Waals surface area contributed by atoms with Crippen molar-refractivity contribution in [1.29, 1.82) is 0 Å². The average Bonchev–Trinajstić information content (AvgIpc) is 3.26. The second kappa shape index (κ2) is 8.24. The van der Waals surface area contributed by atoms with Crippen molar-refractivity contribution in [2.75, 3.05) is 5.32 Å². The van der Waals surface area contributed by atoms with Crippen molar-refractivity contribution in [2.45, 2.75) is 6.61 Å². The van der Waals surface area contributed by atoms with Crippen LogP contribution in [0.2, 0.25) is 5.15 Å². The maximum atomic E-state index is 12.3. The van der Waals surface area contributed by atoms with Crippen molar-refractivity contribution in [3.8, 4) is 5.75 Å². The number of anilines is 1. The molecule has 0 aliphatic heterocycles. The minimum Gasteiger partial charge on any atom is -0.489 e. The second-order valence-corrected chi connectivity index (χ2v) is 7.07. The Hall–Kier alpha value is -3.16. The van der Waals surface area contributed by atoms with E-state index in [9.17, 15) is 4.79 Å². The standard InChI is InChI=1S/C20H15ClN4O2S/c21-19-17(25-9-10-28-20(25)24-19)6-7-18(26)23-15-4-1-5-16(11-15)27-13-14-3-2-8-22-12-14/h1-12H,13H2,(H,23,26)/b7-6+. The van der Waals surface area contributed by atoms with Gasteiger partial charge in [0.25, 0.3) is 0 Å². The number of nitrogens with one attached hydrogen (secondary N) is 1. The third-order valence-electron chi connectivity index (χ3n) is 3.88. The molecule has 0 bridgehead atoms. The molecule has 0 atom stereocenters. The van der Waals surface area contributed by atoms with Crippen molar-refractivity contribution in [1.82, 2.24) is 14.4 Å². The first-order valence-corrected chi connectivity index (χ1v) is 9.67. The van der Waals surface area contributed by atoms with Crippen LogP contribution in [-0.4, -0.2) is 20.3 Å². The Balaban J connectivity index is 1.40. The minimum absolute atomic E-state index is 0.273. The van der Waals surface area contributed by atoms with Gasteiger partial charge in [0.2, 0.25) is 5.91 Å². The summed E-state index contributed by atoms with van der Waals surface area (Å²) < 4.78 is 7.59. The molecule has 4 aromatic rings. The van der Waals surface area contributed by atoms with Gasteiger partial charge in [-0.1, -0.05) is 23.7 Å².